The summed E-state index contributed by atoms with van der Waals surface area (Å²) in [7, 11) is 0. The molecule has 1 heterocycles. The Balaban J connectivity index is 2.62. The Labute approximate surface area is 121 Å². The van der Waals surface area contributed by atoms with E-state index in [1.54, 1.807) is 12.5 Å². The van der Waals surface area contributed by atoms with Gasteiger partial charge in [-0.2, -0.15) is 0 Å². The third-order valence-corrected chi connectivity index (χ3v) is 2.90. The summed E-state index contributed by atoms with van der Waals surface area (Å²) in [5.41, 5.74) is 3.59. The van der Waals surface area contributed by atoms with Crippen LogP contribution in [0.15, 0.2) is 46.3 Å². The van der Waals surface area contributed by atoms with Crippen molar-refractivity contribution in [1.29, 1.82) is 0 Å². The van der Waals surface area contributed by atoms with Gasteiger partial charge in [0.2, 0.25) is 0 Å². The summed E-state index contributed by atoms with van der Waals surface area (Å²) in [4.78, 5) is 11.2. The molecular weight excluding hydrogens is 252 g/mol. The highest BCUT2D eigenvalue weighted by Gasteiger charge is 2.11. The molecule has 1 aromatic heterocycles. The number of ether oxygens (including phenoxy) is 1. The lowest BCUT2D eigenvalue weighted by atomic mass is 10.1. The van der Waals surface area contributed by atoms with Gasteiger partial charge >= 0.3 is 5.97 Å². The van der Waals surface area contributed by atoms with Crippen LogP contribution in [0.2, 0.25) is 0 Å². The van der Waals surface area contributed by atoms with Crippen molar-refractivity contribution in [3.8, 4) is 0 Å². The molecule has 110 valence electrons. The van der Waals surface area contributed by atoms with Crippen molar-refractivity contribution < 1.29 is 13.9 Å². The highest BCUT2D eigenvalue weighted by molar-refractivity contribution is 5.66. The summed E-state index contributed by atoms with van der Waals surface area (Å²) in [5.74, 6) is -0.258. The van der Waals surface area contributed by atoms with Gasteiger partial charge in [-0.05, 0) is 51.3 Å². The highest BCUT2D eigenvalue weighted by Crippen LogP contribution is 2.13. The minimum absolute atomic E-state index is 0.225. The molecule has 0 radical (unpaired) electrons. The maximum atomic E-state index is 11.2. The van der Waals surface area contributed by atoms with E-state index >= 15 is 0 Å². The zero-order valence-corrected chi connectivity index (χ0v) is 12.8. The Morgan fingerprint density at radius 2 is 2.10 bits per heavy atom. The van der Waals surface area contributed by atoms with Crippen LogP contribution in [-0.2, 0) is 16.0 Å². The molecule has 0 saturated carbocycles. The minimum Gasteiger partial charge on any atom is -0.472 e. The largest absolute Gasteiger partial charge is 0.472 e. The van der Waals surface area contributed by atoms with Crippen LogP contribution in [0, 0.1) is 0 Å². The molecule has 0 spiro atoms. The molecule has 1 atom stereocenters. The fourth-order valence-corrected chi connectivity index (χ4v) is 1.98. The van der Waals surface area contributed by atoms with E-state index in [-0.39, 0.29) is 12.1 Å². The van der Waals surface area contributed by atoms with Gasteiger partial charge in [-0.25, -0.2) is 0 Å². The summed E-state index contributed by atoms with van der Waals surface area (Å²) in [6.07, 6.45) is 9.99. The summed E-state index contributed by atoms with van der Waals surface area (Å²) in [6, 6.07) is 1.89. The van der Waals surface area contributed by atoms with Gasteiger partial charge in [-0.3, -0.25) is 4.79 Å². The van der Waals surface area contributed by atoms with Gasteiger partial charge < -0.3 is 9.15 Å². The average molecular weight is 276 g/mol. The van der Waals surface area contributed by atoms with Crippen LogP contribution in [0.1, 0.15) is 46.1 Å². The van der Waals surface area contributed by atoms with Gasteiger partial charge in [0.15, 0.2) is 0 Å². The Morgan fingerprint density at radius 3 is 2.65 bits per heavy atom. The highest BCUT2D eigenvalue weighted by atomic mass is 16.5. The summed E-state index contributed by atoms with van der Waals surface area (Å²) in [5, 5.41) is 0. The van der Waals surface area contributed by atoms with Gasteiger partial charge in [0.25, 0.3) is 0 Å². The first-order valence-corrected chi connectivity index (χ1v) is 6.96. The molecule has 3 heteroatoms. The molecule has 0 saturated heterocycles. The number of esters is 1. The van der Waals surface area contributed by atoms with Gasteiger partial charge in [-0.15, -0.1) is 0 Å². The van der Waals surface area contributed by atoms with Gasteiger partial charge in [0.05, 0.1) is 12.5 Å². The molecule has 0 amide bonds. The molecule has 0 aliphatic rings. The van der Waals surface area contributed by atoms with Crippen molar-refractivity contribution in [2.45, 2.75) is 53.1 Å². The second-order valence-corrected chi connectivity index (χ2v) is 5.32. The Bertz CT molecular complexity index is 462. The topological polar surface area (TPSA) is 39.4 Å². The van der Waals surface area contributed by atoms with E-state index in [0.29, 0.717) is 6.42 Å². The molecule has 20 heavy (non-hydrogen) atoms. The fourth-order valence-electron chi connectivity index (χ4n) is 1.98. The van der Waals surface area contributed by atoms with Crippen molar-refractivity contribution >= 4 is 5.97 Å². The Kier molecular flexibility index (Phi) is 6.85. The van der Waals surface area contributed by atoms with E-state index in [9.17, 15) is 4.79 Å². The SMILES string of the molecule is CC(=O)O[C@@H](/C=C(/C)CCC=C(C)C)Cc1ccoc1. The molecule has 3 nitrogen and oxygen atoms in total. The monoisotopic (exact) mass is 276 g/mol. The van der Waals surface area contributed by atoms with Crippen LogP contribution in [0.3, 0.4) is 0 Å². The molecule has 0 fully saturated rings. The van der Waals surface area contributed by atoms with E-state index in [4.69, 9.17) is 9.15 Å². The van der Waals surface area contributed by atoms with Gasteiger partial charge in [-0.1, -0.05) is 17.2 Å². The fraction of sp³-hybridized carbons (Fsp3) is 0.471. The Morgan fingerprint density at radius 1 is 1.35 bits per heavy atom. The predicted molar refractivity (Wildman–Crippen MR) is 80.4 cm³/mol. The third-order valence-electron chi connectivity index (χ3n) is 2.90. The molecule has 0 bridgehead atoms. The molecule has 0 aliphatic heterocycles. The molecular formula is C17H24O3. The van der Waals surface area contributed by atoms with Crippen molar-refractivity contribution in [2.75, 3.05) is 0 Å². The summed E-state index contributed by atoms with van der Waals surface area (Å²) < 4.78 is 10.4. The van der Waals surface area contributed by atoms with Crippen LogP contribution in [-0.4, -0.2) is 12.1 Å². The maximum absolute atomic E-state index is 11.2. The lowest BCUT2D eigenvalue weighted by Gasteiger charge is -2.13. The number of furan rings is 1. The second kappa shape index (κ2) is 8.41. The first-order valence-electron chi connectivity index (χ1n) is 6.96. The standard InChI is InChI=1S/C17H24O3/c1-13(2)6-5-7-14(3)10-17(20-15(4)18)11-16-8-9-19-12-16/h6,8-10,12,17H,5,7,11H2,1-4H3/b14-10-/t17-/m0/s1. The number of hydrogen-bond donors (Lipinski definition) is 0. The van der Waals surface area contributed by atoms with Crippen molar-refractivity contribution in [3.63, 3.8) is 0 Å². The third kappa shape index (κ3) is 6.98. The second-order valence-electron chi connectivity index (χ2n) is 5.32. The van der Waals surface area contributed by atoms with E-state index in [1.807, 2.05) is 12.1 Å². The van der Waals surface area contributed by atoms with Crippen molar-refractivity contribution in [3.05, 3.63) is 47.5 Å². The molecule has 1 aromatic rings. The van der Waals surface area contributed by atoms with Crippen LogP contribution in [0.25, 0.3) is 0 Å². The number of hydrogen-bond acceptors (Lipinski definition) is 3. The molecule has 0 aromatic carbocycles. The molecule has 0 N–H and O–H groups in total. The molecule has 0 aliphatic carbocycles. The lowest BCUT2D eigenvalue weighted by Crippen LogP contribution is -2.17. The van der Waals surface area contributed by atoms with Gasteiger partial charge in [0, 0.05) is 13.3 Å². The number of carbonyl (C=O) groups is 1. The number of carbonyl (C=O) groups excluding carboxylic acids is 1. The first kappa shape index (κ1) is 16.3. The number of rotatable bonds is 7. The van der Waals surface area contributed by atoms with E-state index < -0.39 is 0 Å². The molecule has 0 unspecified atom stereocenters. The van der Waals surface area contributed by atoms with Gasteiger partial charge in [0.1, 0.15) is 6.10 Å². The predicted octanol–water partition coefficient (Wildman–Crippen LogP) is 4.45. The normalized spacial score (nSPS) is 12.9. The van der Waals surface area contributed by atoms with Crippen molar-refractivity contribution in [1.82, 2.24) is 0 Å². The molecule has 1 rings (SSSR count). The summed E-state index contributed by atoms with van der Waals surface area (Å²) >= 11 is 0. The zero-order chi connectivity index (χ0) is 15.0. The maximum Gasteiger partial charge on any atom is 0.303 e. The van der Waals surface area contributed by atoms with Crippen LogP contribution >= 0.6 is 0 Å². The minimum atomic E-state index is -0.258. The quantitative estimate of drug-likeness (QED) is 0.545. The van der Waals surface area contributed by atoms with E-state index in [2.05, 4.69) is 26.8 Å². The lowest BCUT2D eigenvalue weighted by molar-refractivity contribution is -0.144. The van der Waals surface area contributed by atoms with Crippen LogP contribution < -0.4 is 0 Å². The van der Waals surface area contributed by atoms with Crippen molar-refractivity contribution in [2.24, 2.45) is 0 Å². The Hall–Kier alpha value is -1.77. The van der Waals surface area contributed by atoms with Crippen LogP contribution in [0.4, 0.5) is 0 Å². The van der Waals surface area contributed by atoms with Crippen LogP contribution in [0.5, 0.6) is 0 Å². The van der Waals surface area contributed by atoms with E-state index in [1.165, 1.54) is 18.1 Å². The average Bonchev–Trinajstić information content (AvgIpc) is 2.80. The summed E-state index contributed by atoms with van der Waals surface area (Å²) in [6.45, 7) is 7.71. The first-order chi connectivity index (χ1) is 9.47. The smallest absolute Gasteiger partial charge is 0.303 e. The zero-order valence-electron chi connectivity index (χ0n) is 12.8. The van der Waals surface area contributed by atoms with E-state index in [0.717, 1.165) is 18.4 Å². The number of allylic oxidation sites excluding steroid dienone is 3.